The topological polar surface area (TPSA) is 37.3 Å². The van der Waals surface area contributed by atoms with Gasteiger partial charge in [0.1, 0.15) is 5.75 Å². The molecule has 0 radical (unpaired) electrons. The highest BCUT2D eigenvalue weighted by Crippen LogP contribution is 2.36. The molecule has 0 unspecified atom stereocenters. The molecule has 0 saturated heterocycles. The van der Waals surface area contributed by atoms with Crippen molar-refractivity contribution in [2.45, 2.75) is 6.18 Å². The van der Waals surface area contributed by atoms with Crippen LogP contribution in [0.15, 0.2) is 12.1 Å². The largest absolute Gasteiger partial charge is 0.507 e. The molecule has 0 amide bonds. The second-order valence-corrected chi connectivity index (χ2v) is 3.87. The van der Waals surface area contributed by atoms with Gasteiger partial charge in [-0.05, 0) is 12.1 Å². The molecule has 88 valence electrons. The third kappa shape index (κ3) is 2.68. The number of halogens is 5. The quantitative estimate of drug-likeness (QED) is 0.668. The van der Waals surface area contributed by atoms with E-state index in [0.29, 0.717) is 12.1 Å². The lowest BCUT2D eigenvalue weighted by molar-refractivity contribution is -0.137. The summed E-state index contributed by atoms with van der Waals surface area (Å²) in [6.07, 6.45) is -4.61. The minimum absolute atomic E-state index is 0.133. The molecule has 1 aromatic rings. The molecule has 0 saturated carbocycles. The minimum Gasteiger partial charge on any atom is -0.507 e. The van der Waals surface area contributed by atoms with E-state index in [2.05, 4.69) is 15.9 Å². The van der Waals surface area contributed by atoms with Crippen molar-refractivity contribution >= 4 is 33.3 Å². The van der Waals surface area contributed by atoms with Crippen molar-refractivity contribution in [3.05, 3.63) is 28.3 Å². The van der Waals surface area contributed by atoms with E-state index >= 15 is 0 Å². The van der Waals surface area contributed by atoms with Crippen LogP contribution in [0.25, 0.3) is 0 Å². The average molecular weight is 317 g/mol. The summed E-state index contributed by atoms with van der Waals surface area (Å²) in [5, 5.41) is 8.76. The molecule has 0 atom stereocenters. The normalized spacial score (nSPS) is 11.6. The van der Waals surface area contributed by atoms with Crippen LogP contribution in [0.5, 0.6) is 5.75 Å². The van der Waals surface area contributed by atoms with Crippen LogP contribution in [0.3, 0.4) is 0 Å². The van der Waals surface area contributed by atoms with Crippen LogP contribution >= 0.6 is 27.5 Å². The molecule has 0 aliphatic heterocycles. The maximum absolute atomic E-state index is 12.3. The molecule has 0 bridgehead atoms. The SMILES string of the molecule is O=C(CBr)c1c(O)cc(C(F)(F)F)cc1Cl. The van der Waals surface area contributed by atoms with E-state index in [1.165, 1.54) is 0 Å². The Morgan fingerprint density at radius 1 is 1.44 bits per heavy atom. The van der Waals surface area contributed by atoms with Gasteiger partial charge in [0.15, 0.2) is 5.78 Å². The van der Waals surface area contributed by atoms with Crippen molar-refractivity contribution in [3.63, 3.8) is 0 Å². The molecule has 0 aliphatic rings. The summed E-state index contributed by atoms with van der Waals surface area (Å²) < 4.78 is 36.9. The lowest BCUT2D eigenvalue weighted by Gasteiger charge is -2.10. The average Bonchev–Trinajstić information content (AvgIpc) is 2.14. The van der Waals surface area contributed by atoms with Gasteiger partial charge in [-0.25, -0.2) is 0 Å². The molecular weight excluding hydrogens is 312 g/mol. The lowest BCUT2D eigenvalue weighted by Crippen LogP contribution is -2.08. The summed E-state index contributed by atoms with van der Waals surface area (Å²) in [7, 11) is 0. The zero-order valence-corrected chi connectivity index (χ0v) is 9.95. The maximum Gasteiger partial charge on any atom is 0.416 e. The van der Waals surface area contributed by atoms with Crippen molar-refractivity contribution < 1.29 is 23.1 Å². The third-order valence-electron chi connectivity index (χ3n) is 1.80. The first-order valence-electron chi connectivity index (χ1n) is 3.96. The predicted molar refractivity (Wildman–Crippen MR) is 56.2 cm³/mol. The number of aromatic hydroxyl groups is 1. The van der Waals surface area contributed by atoms with E-state index in [9.17, 15) is 23.1 Å². The van der Waals surface area contributed by atoms with Gasteiger partial charge in [-0.2, -0.15) is 13.2 Å². The summed E-state index contributed by atoms with van der Waals surface area (Å²) in [5.74, 6) is -1.36. The van der Waals surface area contributed by atoms with Gasteiger partial charge in [0.25, 0.3) is 0 Å². The van der Waals surface area contributed by atoms with Crippen LogP contribution in [-0.2, 0) is 6.18 Å². The fourth-order valence-electron chi connectivity index (χ4n) is 1.10. The number of Topliss-reactive ketones (excluding diaryl/α,β-unsaturated/α-hetero) is 1. The number of rotatable bonds is 2. The van der Waals surface area contributed by atoms with Crippen molar-refractivity contribution in [2.75, 3.05) is 5.33 Å². The van der Waals surface area contributed by atoms with E-state index < -0.39 is 28.3 Å². The van der Waals surface area contributed by atoms with Crippen molar-refractivity contribution in [2.24, 2.45) is 0 Å². The summed E-state index contributed by atoms with van der Waals surface area (Å²) in [5.41, 5.74) is -1.41. The number of phenolic OH excluding ortho intramolecular Hbond substituents is 1. The predicted octanol–water partition coefficient (Wildman–Crippen LogP) is 3.64. The molecule has 0 aliphatic carbocycles. The summed E-state index contributed by atoms with van der Waals surface area (Å²) >= 11 is 8.35. The summed E-state index contributed by atoms with van der Waals surface area (Å²) in [4.78, 5) is 11.2. The van der Waals surface area contributed by atoms with E-state index in [-0.39, 0.29) is 10.9 Å². The molecule has 0 fully saturated rings. The number of hydrogen-bond donors (Lipinski definition) is 1. The Hall–Kier alpha value is -0.750. The van der Waals surface area contributed by atoms with Gasteiger partial charge in [-0.15, -0.1) is 0 Å². The second kappa shape index (κ2) is 4.63. The molecular formula is C9H5BrClF3O2. The van der Waals surface area contributed by atoms with Crippen LogP contribution in [0, 0.1) is 0 Å². The zero-order chi connectivity index (χ0) is 12.5. The Balaban J connectivity index is 3.34. The van der Waals surface area contributed by atoms with E-state index in [1.54, 1.807) is 0 Å². The number of benzene rings is 1. The Morgan fingerprint density at radius 3 is 2.38 bits per heavy atom. The standard InChI is InChI=1S/C9H5BrClF3O2/c10-3-7(16)8-5(11)1-4(2-6(8)15)9(12,13)14/h1-2,15H,3H2. The van der Waals surface area contributed by atoms with Crippen LogP contribution in [0.2, 0.25) is 5.02 Å². The van der Waals surface area contributed by atoms with Gasteiger partial charge < -0.3 is 5.11 Å². The Kier molecular flexibility index (Phi) is 3.85. The smallest absolute Gasteiger partial charge is 0.416 e. The van der Waals surface area contributed by atoms with Crippen LogP contribution in [0.4, 0.5) is 13.2 Å². The van der Waals surface area contributed by atoms with Gasteiger partial charge in [0.05, 0.1) is 21.5 Å². The Labute approximate surface area is 102 Å². The first kappa shape index (κ1) is 13.3. The highest BCUT2D eigenvalue weighted by atomic mass is 79.9. The maximum atomic E-state index is 12.3. The lowest BCUT2D eigenvalue weighted by atomic mass is 10.1. The van der Waals surface area contributed by atoms with Crippen LogP contribution in [0.1, 0.15) is 15.9 Å². The van der Waals surface area contributed by atoms with Gasteiger partial charge in [-0.3, -0.25) is 4.79 Å². The molecule has 2 nitrogen and oxygen atoms in total. The Bertz CT molecular complexity index is 408. The first-order chi connectivity index (χ1) is 7.27. The fourth-order valence-corrected chi connectivity index (χ4v) is 1.70. The molecule has 7 heteroatoms. The van der Waals surface area contributed by atoms with Gasteiger partial charge in [-0.1, -0.05) is 27.5 Å². The second-order valence-electron chi connectivity index (χ2n) is 2.91. The van der Waals surface area contributed by atoms with E-state index in [0.717, 1.165) is 0 Å². The highest BCUT2D eigenvalue weighted by molar-refractivity contribution is 9.09. The number of ketones is 1. The number of carbonyl (C=O) groups excluding carboxylic acids is 1. The molecule has 0 spiro atoms. The summed E-state index contributed by atoms with van der Waals surface area (Å²) in [6.45, 7) is 0. The third-order valence-corrected chi connectivity index (χ3v) is 2.60. The molecule has 0 heterocycles. The van der Waals surface area contributed by atoms with E-state index in [4.69, 9.17) is 11.6 Å². The number of phenols is 1. The summed E-state index contributed by atoms with van der Waals surface area (Å²) in [6, 6.07) is 1.08. The van der Waals surface area contributed by atoms with Crippen molar-refractivity contribution in [3.8, 4) is 5.75 Å². The number of alkyl halides is 4. The highest BCUT2D eigenvalue weighted by Gasteiger charge is 2.32. The van der Waals surface area contributed by atoms with Gasteiger partial charge in [0.2, 0.25) is 0 Å². The molecule has 1 aromatic carbocycles. The van der Waals surface area contributed by atoms with Gasteiger partial charge in [0, 0.05) is 0 Å². The van der Waals surface area contributed by atoms with Crippen LogP contribution in [-0.4, -0.2) is 16.2 Å². The molecule has 1 rings (SSSR count). The van der Waals surface area contributed by atoms with Crippen molar-refractivity contribution in [1.82, 2.24) is 0 Å². The zero-order valence-electron chi connectivity index (χ0n) is 7.61. The first-order valence-corrected chi connectivity index (χ1v) is 5.46. The monoisotopic (exact) mass is 316 g/mol. The minimum atomic E-state index is -4.61. The van der Waals surface area contributed by atoms with Crippen LogP contribution < -0.4 is 0 Å². The fraction of sp³-hybridized carbons (Fsp3) is 0.222. The Morgan fingerprint density at radius 2 is 2.00 bits per heavy atom. The van der Waals surface area contributed by atoms with E-state index in [1.807, 2.05) is 0 Å². The van der Waals surface area contributed by atoms with Crippen molar-refractivity contribution in [1.29, 1.82) is 0 Å². The number of carbonyl (C=O) groups is 1. The molecule has 1 N–H and O–H groups in total. The molecule has 16 heavy (non-hydrogen) atoms. The van der Waals surface area contributed by atoms with Gasteiger partial charge >= 0.3 is 6.18 Å². The molecule has 0 aromatic heterocycles. The number of hydrogen-bond acceptors (Lipinski definition) is 2.